The molecule has 0 aliphatic heterocycles. The van der Waals surface area contributed by atoms with E-state index in [-0.39, 0.29) is 11.6 Å². The number of rotatable bonds is 5. The molecule has 0 aromatic carbocycles. The van der Waals surface area contributed by atoms with Gasteiger partial charge in [-0.05, 0) is 45.0 Å². The average molecular weight is 251 g/mol. The molecule has 1 aliphatic carbocycles. The molecule has 3 N–H and O–H groups in total. The Balaban J connectivity index is 2.16. The van der Waals surface area contributed by atoms with Crippen molar-refractivity contribution in [2.24, 2.45) is 5.84 Å². The first-order valence-electron chi connectivity index (χ1n) is 6.84. The Bertz CT molecular complexity index is 342. The van der Waals surface area contributed by atoms with Gasteiger partial charge in [0.05, 0.1) is 12.5 Å². The minimum absolute atomic E-state index is 0.171. The number of furan rings is 1. The largest absolute Gasteiger partial charge is 0.472 e. The predicted molar refractivity (Wildman–Crippen MR) is 73.0 cm³/mol. The zero-order chi connectivity index (χ0) is 13.0. The first-order chi connectivity index (χ1) is 8.69. The molecule has 1 unspecified atom stereocenters. The van der Waals surface area contributed by atoms with Gasteiger partial charge in [0.1, 0.15) is 0 Å². The molecule has 0 radical (unpaired) electrons. The first-order valence-corrected chi connectivity index (χ1v) is 6.84. The number of hydrogen-bond donors (Lipinski definition) is 2. The van der Waals surface area contributed by atoms with Crippen LogP contribution in [0, 0.1) is 0 Å². The zero-order valence-electron chi connectivity index (χ0n) is 11.5. The van der Waals surface area contributed by atoms with Crippen molar-refractivity contribution in [1.82, 2.24) is 10.3 Å². The number of likely N-dealkylation sites (N-methyl/N-ethyl adjacent to an activating group) is 1. The van der Waals surface area contributed by atoms with Crippen molar-refractivity contribution in [1.29, 1.82) is 0 Å². The van der Waals surface area contributed by atoms with Crippen LogP contribution in [-0.2, 0) is 6.42 Å². The Morgan fingerprint density at radius 3 is 2.61 bits per heavy atom. The molecule has 2 rings (SSSR count). The Labute approximate surface area is 109 Å². The number of hydrazine groups is 1. The third-order valence-electron chi connectivity index (χ3n) is 4.48. The molecule has 0 amide bonds. The molecule has 4 nitrogen and oxygen atoms in total. The Hall–Kier alpha value is -0.840. The van der Waals surface area contributed by atoms with E-state index in [4.69, 9.17) is 10.3 Å². The van der Waals surface area contributed by atoms with E-state index in [0.717, 1.165) is 6.42 Å². The van der Waals surface area contributed by atoms with Gasteiger partial charge in [-0.25, -0.2) is 0 Å². The summed E-state index contributed by atoms with van der Waals surface area (Å²) in [7, 11) is 4.34. The molecule has 0 bridgehead atoms. The number of hydrogen-bond acceptors (Lipinski definition) is 4. The van der Waals surface area contributed by atoms with Gasteiger partial charge in [-0.15, -0.1) is 0 Å². The maximum atomic E-state index is 5.84. The van der Waals surface area contributed by atoms with E-state index in [1.54, 1.807) is 6.26 Å². The third kappa shape index (κ3) is 2.60. The van der Waals surface area contributed by atoms with Crippen LogP contribution < -0.4 is 11.3 Å². The van der Waals surface area contributed by atoms with Gasteiger partial charge in [0.15, 0.2) is 0 Å². The van der Waals surface area contributed by atoms with Gasteiger partial charge in [0.25, 0.3) is 0 Å². The molecular formula is C14H25N3O. The lowest BCUT2D eigenvalue weighted by atomic mass is 9.74. The van der Waals surface area contributed by atoms with Gasteiger partial charge in [-0.2, -0.15) is 0 Å². The standard InChI is InChI=1S/C14H25N3O/c1-17(2)14(7-4-3-5-8-14)13(16-15)10-12-6-9-18-11-12/h6,9,11,13,16H,3-5,7-8,10,15H2,1-2H3. The summed E-state index contributed by atoms with van der Waals surface area (Å²) in [5.74, 6) is 5.84. The summed E-state index contributed by atoms with van der Waals surface area (Å²) < 4.78 is 5.16. The molecule has 1 heterocycles. The van der Waals surface area contributed by atoms with Crippen LogP contribution in [0.4, 0.5) is 0 Å². The van der Waals surface area contributed by atoms with Crippen molar-refractivity contribution in [2.45, 2.75) is 50.1 Å². The summed E-state index contributed by atoms with van der Waals surface area (Å²) in [6.07, 6.45) is 10.8. The van der Waals surface area contributed by atoms with Crippen molar-refractivity contribution in [3.8, 4) is 0 Å². The van der Waals surface area contributed by atoms with E-state index in [9.17, 15) is 0 Å². The number of nitrogens with one attached hydrogen (secondary N) is 1. The van der Waals surface area contributed by atoms with Crippen molar-refractivity contribution in [3.63, 3.8) is 0 Å². The third-order valence-corrected chi connectivity index (χ3v) is 4.48. The van der Waals surface area contributed by atoms with Crippen LogP contribution in [0.25, 0.3) is 0 Å². The van der Waals surface area contributed by atoms with E-state index in [1.165, 1.54) is 37.7 Å². The summed E-state index contributed by atoms with van der Waals surface area (Å²) in [6.45, 7) is 0. The Morgan fingerprint density at radius 1 is 1.39 bits per heavy atom. The van der Waals surface area contributed by atoms with Crippen LogP contribution >= 0.6 is 0 Å². The highest BCUT2D eigenvalue weighted by Crippen LogP contribution is 2.36. The van der Waals surface area contributed by atoms with Crippen LogP contribution in [0.1, 0.15) is 37.7 Å². The lowest BCUT2D eigenvalue weighted by molar-refractivity contribution is 0.0568. The molecule has 1 aromatic heterocycles. The quantitative estimate of drug-likeness (QED) is 0.620. The number of nitrogens with two attached hydrogens (primary N) is 1. The SMILES string of the molecule is CN(C)C1(C(Cc2ccoc2)NN)CCCCC1. The highest BCUT2D eigenvalue weighted by molar-refractivity contribution is 5.12. The maximum absolute atomic E-state index is 5.84. The van der Waals surface area contributed by atoms with E-state index in [0.29, 0.717) is 0 Å². The van der Waals surface area contributed by atoms with E-state index >= 15 is 0 Å². The summed E-state index contributed by atoms with van der Waals surface area (Å²) in [5.41, 5.74) is 4.43. The molecule has 1 atom stereocenters. The van der Waals surface area contributed by atoms with Crippen LogP contribution in [0.3, 0.4) is 0 Å². The van der Waals surface area contributed by atoms with Crippen LogP contribution in [-0.4, -0.2) is 30.6 Å². The van der Waals surface area contributed by atoms with Crippen molar-refractivity contribution in [2.75, 3.05) is 14.1 Å². The fourth-order valence-electron chi connectivity index (χ4n) is 3.32. The number of nitrogens with zero attached hydrogens (tertiary/aromatic N) is 1. The molecule has 4 heteroatoms. The smallest absolute Gasteiger partial charge is 0.0935 e. The summed E-state index contributed by atoms with van der Waals surface area (Å²) >= 11 is 0. The maximum Gasteiger partial charge on any atom is 0.0935 e. The predicted octanol–water partition coefficient (Wildman–Crippen LogP) is 1.92. The molecular weight excluding hydrogens is 226 g/mol. The average Bonchev–Trinajstić information content (AvgIpc) is 2.89. The second-order valence-corrected chi connectivity index (χ2v) is 5.61. The summed E-state index contributed by atoms with van der Waals surface area (Å²) in [5, 5.41) is 0. The Morgan fingerprint density at radius 2 is 2.11 bits per heavy atom. The lowest BCUT2D eigenvalue weighted by Gasteiger charge is -2.48. The summed E-state index contributed by atoms with van der Waals surface area (Å²) in [4.78, 5) is 2.36. The van der Waals surface area contributed by atoms with Crippen LogP contribution in [0.5, 0.6) is 0 Å². The Kier molecular flexibility index (Phi) is 4.43. The molecule has 102 valence electrons. The van der Waals surface area contributed by atoms with Gasteiger partial charge in [0.2, 0.25) is 0 Å². The van der Waals surface area contributed by atoms with E-state index in [2.05, 4.69) is 24.4 Å². The lowest BCUT2D eigenvalue weighted by Crippen LogP contribution is -2.62. The fraction of sp³-hybridized carbons (Fsp3) is 0.714. The van der Waals surface area contributed by atoms with Gasteiger partial charge < -0.3 is 9.32 Å². The van der Waals surface area contributed by atoms with E-state index < -0.39 is 0 Å². The molecule has 1 aliphatic rings. The fourth-order valence-corrected chi connectivity index (χ4v) is 3.32. The van der Waals surface area contributed by atoms with Gasteiger partial charge in [0, 0.05) is 11.6 Å². The van der Waals surface area contributed by atoms with Crippen LogP contribution in [0.15, 0.2) is 23.0 Å². The van der Waals surface area contributed by atoms with Gasteiger partial charge in [-0.3, -0.25) is 11.3 Å². The minimum atomic E-state index is 0.171. The van der Waals surface area contributed by atoms with E-state index in [1.807, 2.05) is 12.3 Å². The normalized spacial score (nSPS) is 21.1. The zero-order valence-corrected chi connectivity index (χ0v) is 11.5. The second-order valence-electron chi connectivity index (χ2n) is 5.61. The molecule has 1 saturated carbocycles. The second kappa shape index (κ2) is 5.87. The van der Waals surface area contributed by atoms with Crippen molar-refractivity contribution < 1.29 is 4.42 Å². The molecule has 0 spiro atoms. The molecule has 0 saturated heterocycles. The van der Waals surface area contributed by atoms with Crippen LogP contribution in [0.2, 0.25) is 0 Å². The first kappa shape index (κ1) is 13.6. The topological polar surface area (TPSA) is 54.4 Å². The van der Waals surface area contributed by atoms with Gasteiger partial charge in [-0.1, -0.05) is 19.3 Å². The molecule has 1 fully saturated rings. The van der Waals surface area contributed by atoms with Gasteiger partial charge >= 0.3 is 0 Å². The summed E-state index contributed by atoms with van der Waals surface area (Å²) in [6, 6.07) is 2.29. The van der Waals surface area contributed by atoms with Crippen molar-refractivity contribution >= 4 is 0 Å². The minimum Gasteiger partial charge on any atom is -0.472 e. The monoisotopic (exact) mass is 251 g/mol. The highest BCUT2D eigenvalue weighted by atomic mass is 16.3. The highest BCUT2D eigenvalue weighted by Gasteiger charge is 2.41. The molecule has 1 aromatic rings. The molecule has 18 heavy (non-hydrogen) atoms. The van der Waals surface area contributed by atoms with Crippen molar-refractivity contribution in [3.05, 3.63) is 24.2 Å².